The second kappa shape index (κ2) is 3.38. The molecule has 1 aliphatic rings. The van der Waals surface area contributed by atoms with Crippen LogP contribution in [0.4, 0.5) is 0 Å². The number of benzene rings is 1. The van der Waals surface area contributed by atoms with Crippen molar-refractivity contribution in [3.63, 3.8) is 0 Å². The Labute approximate surface area is 82.0 Å². The number of thiol groups is 1. The van der Waals surface area contributed by atoms with Crippen molar-refractivity contribution in [2.75, 3.05) is 20.3 Å². The molecule has 0 unspecified atom stereocenters. The highest BCUT2D eigenvalue weighted by molar-refractivity contribution is 7.80. The maximum atomic E-state index is 5.42. The van der Waals surface area contributed by atoms with Gasteiger partial charge in [0, 0.05) is 4.90 Å². The first-order valence-electron chi connectivity index (χ1n) is 3.98. The summed E-state index contributed by atoms with van der Waals surface area (Å²) in [4.78, 5) is 0.807. The Kier molecular flexibility index (Phi) is 2.22. The number of fused-ring (bicyclic) bond motifs is 1. The SMILES string of the molecule is COc1cc(S)cc2c1OCCO2. The van der Waals surface area contributed by atoms with Crippen LogP contribution in [0.15, 0.2) is 17.0 Å². The van der Waals surface area contributed by atoms with Crippen LogP contribution >= 0.6 is 12.6 Å². The molecular formula is C9H10O3S. The molecule has 1 aliphatic heterocycles. The molecule has 0 radical (unpaired) electrons. The lowest BCUT2D eigenvalue weighted by molar-refractivity contribution is 0.164. The zero-order valence-electron chi connectivity index (χ0n) is 7.24. The van der Waals surface area contributed by atoms with E-state index >= 15 is 0 Å². The van der Waals surface area contributed by atoms with Crippen LogP contribution in [0.1, 0.15) is 0 Å². The first kappa shape index (κ1) is 8.56. The quantitative estimate of drug-likeness (QED) is 0.697. The van der Waals surface area contributed by atoms with Gasteiger partial charge in [-0.25, -0.2) is 0 Å². The molecule has 0 amide bonds. The first-order chi connectivity index (χ1) is 6.31. The van der Waals surface area contributed by atoms with Gasteiger partial charge in [-0.2, -0.15) is 0 Å². The molecular weight excluding hydrogens is 188 g/mol. The second-order valence-corrected chi connectivity index (χ2v) is 3.19. The third-order valence-corrected chi connectivity index (χ3v) is 2.07. The molecule has 0 bridgehead atoms. The van der Waals surface area contributed by atoms with E-state index < -0.39 is 0 Å². The van der Waals surface area contributed by atoms with Gasteiger partial charge in [0.25, 0.3) is 0 Å². The lowest BCUT2D eigenvalue weighted by Gasteiger charge is -2.20. The van der Waals surface area contributed by atoms with Crippen LogP contribution in [0.2, 0.25) is 0 Å². The van der Waals surface area contributed by atoms with Crippen LogP contribution in [0.25, 0.3) is 0 Å². The van der Waals surface area contributed by atoms with Gasteiger partial charge >= 0.3 is 0 Å². The van der Waals surface area contributed by atoms with Gasteiger partial charge < -0.3 is 14.2 Å². The lowest BCUT2D eigenvalue weighted by Crippen LogP contribution is -2.15. The smallest absolute Gasteiger partial charge is 0.203 e. The van der Waals surface area contributed by atoms with E-state index in [1.165, 1.54) is 0 Å². The Morgan fingerprint density at radius 3 is 2.85 bits per heavy atom. The van der Waals surface area contributed by atoms with Crippen molar-refractivity contribution in [1.29, 1.82) is 0 Å². The van der Waals surface area contributed by atoms with E-state index in [9.17, 15) is 0 Å². The molecule has 1 heterocycles. The predicted molar refractivity (Wildman–Crippen MR) is 51.2 cm³/mol. The number of hydrogen-bond acceptors (Lipinski definition) is 4. The molecule has 1 aromatic rings. The van der Waals surface area contributed by atoms with Crippen LogP contribution in [0.5, 0.6) is 17.2 Å². The molecule has 70 valence electrons. The normalized spacial score (nSPS) is 14.0. The van der Waals surface area contributed by atoms with E-state index in [2.05, 4.69) is 12.6 Å². The Bertz CT molecular complexity index is 308. The fourth-order valence-electron chi connectivity index (χ4n) is 1.26. The summed E-state index contributed by atoms with van der Waals surface area (Å²) in [5, 5.41) is 0. The minimum Gasteiger partial charge on any atom is -0.493 e. The number of methoxy groups -OCH3 is 1. The molecule has 2 rings (SSSR count). The average Bonchev–Trinajstić information content (AvgIpc) is 2.16. The van der Waals surface area contributed by atoms with Gasteiger partial charge in [-0.3, -0.25) is 0 Å². The summed E-state index contributed by atoms with van der Waals surface area (Å²) in [6.45, 7) is 1.14. The Hall–Kier alpha value is -1.03. The van der Waals surface area contributed by atoms with Crippen molar-refractivity contribution >= 4 is 12.6 Å². The Morgan fingerprint density at radius 1 is 1.31 bits per heavy atom. The van der Waals surface area contributed by atoms with E-state index in [1.807, 2.05) is 6.07 Å². The highest BCUT2D eigenvalue weighted by atomic mass is 32.1. The van der Waals surface area contributed by atoms with Gasteiger partial charge in [0.1, 0.15) is 13.2 Å². The molecule has 0 N–H and O–H groups in total. The standard InChI is InChI=1S/C9H10O3S/c1-10-7-4-6(13)5-8-9(7)12-3-2-11-8/h4-5,13H,2-3H2,1H3. The molecule has 1 aromatic carbocycles. The zero-order chi connectivity index (χ0) is 9.26. The third kappa shape index (κ3) is 1.54. The highest BCUT2D eigenvalue weighted by Crippen LogP contribution is 2.41. The van der Waals surface area contributed by atoms with Crippen LogP contribution in [-0.4, -0.2) is 20.3 Å². The van der Waals surface area contributed by atoms with Gasteiger partial charge in [-0.15, -0.1) is 12.6 Å². The van der Waals surface area contributed by atoms with E-state index in [0.717, 1.165) is 4.90 Å². The van der Waals surface area contributed by atoms with Crippen LogP contribution in [0, 0.1) is 0 Å². The summed E-state index contributed by atoms with van der Waals surface area (Å²) in [6.07, 6.45) is 0. The number of rotatable bonds is 1. The monoisotopic (exact) mass is 198 g/mol. The van der Waals surface area contributed by atoms with Gasteiger partial charge in [-0.1, -0.05) is 0 Å². The molecule has 0 saturated carbocycles. The lowest BCUT2D eigenvalue weighted by atomic mass is 10.3. The van der Waals surface area contributed by atoms with Crippen molar-refractivity contribution < 1.29 is 14.2 Å². The van der Waals surface area contributed by atoms with E-state index in [4.69, 9.17) is 14.2 Å². The van der Waals surface area contributed by atoms with Crippen LogP contribution in [-0.2, 0) is 0 Å². The summed E-state index contributed by atoms with van der Waals surface area (Å²) in [5.41, 5.74) is 0. The van der Waals surface area contributed by atoms with Crippen molar-refractivity contribution in [2.24, 2.45) is 0 Å². The predicted octanol–water partition coefficient (Wildman–Crippen LogP) is 1.76. The molecule has 0 atom stereocenters. The largest absolute Gasteiger partial charge is 0.493 e. The fourth-order valence-corrected chi connectivity index (χ4v) is 1.49. The fraction of sp³-hybridized carbons (Fsp3) is 0.333. The van der Waals surface area contributed by atoms with E-state index in [1.54, 1.807) is 13.2 Å². The summed E-state index contributed by atoms with van der Waals surface area (Å²) in [7, 11) is 1.60. The highest BCUT2D eigenvalue weighted by Gasteiger charge is 2.17. The van der Waals surface area contributed by atoms with Gasteiger partial charge in [-0.05, 0) is 12.1 Å². The topological polar surface area (TPSA) is 27.7 Å². The molecule has 3 nitrogen and oxygen atoms in total. The van der Waals surface area contributed by atoms with E-state index in [0.29, 0.717) is 30.5 Å². The molecule has 0 spiro atoms. The van der Waals surface area contributed by atoms with Crippen molar-refractivity contribution in [2.45, 2.75) is 4.90 Å². The zero-order valence-corrected chi connectivity index (χ0v) is 8.14. The van der Waals surface area contributed by atoms with Crippen LogP contribution < -0.4 is 14.2 Å². The van der Waals surface area contributed by atoms with Gasteiger partial charge in [0.05, 0.1) is 7.11 Å². The van der Waals surface area contributed by atoms with Gasteiger partial charge in [0.2, 0.25) is 5.75 Å². The molecule has 4 heteroatoms. The molecule has 13 heavy (non-hydrogen) atoms. The number of hydrogen-bond donors (Lipinski definition) is 1. The van der Waals surface area contributed by atoms with Crippen molar-refractivity contribution in [3.05, 3.63) is 12.1 Å². The molecule has 0 aliphatic carbocycles. The maximum absolute atomic E-state index is 5.42. The summed E-state index contributed by atoms with van der Waals surface area (Å²) < 4.78 is 15.9. The Balaban J connectivity index is 2.50. The minimum absolute atomic E-state index is 0.565. The number of ether oxygens (including phenoxy) is 3. The Morgan fingerprint density at radius 2 is 2.08 bits per heavy atom. The van der Waals surface area contributed by atoms with Crippen LogP contribution in [0.3, 0.4) is 0 Å². The summed E-state index contributed by atoms with van der Waals surface area (Å²) in [5.74, 6) is 2.05. The summed E-state index contributed by atoms with van der Waals surface area (Å²) in [6, 6.07) is 3.62. The first-order valence-corrected chi connectivity index (χ1v) is 4.42. The molecule has 0 saturated heterocycles. The molecule has 0 fully saturated rings. The van der Waals surface area contributed by atoms with Crippen molar-refractivity contribution in [3.8, 4) is 17.2 Å². The maximum Gasteiger partial charge on any atom is 0.203 e. The molecule has 0 aromatic heterocycles. The average molecular weight is 198 g/mol. The third-order valence-electron chi connectivity index (χ3n) is 1.81. The summed E-state index contributed by atoms with van der Waals surface area (Å²) >= 11 is 4.23. The van der Waals surface area contributed by atoms with Crippen molar-refractivity contribution in [1.82, 2.24) is 0 Å². The van der Waals surface area contributed by atoms with E-state index in [-0.39, 0.29) is 0 Å². The second-order valence-electron chi connectivity index (χ2n) is 2.67. The van der Waals surface area contributed by atoms with Gasteiger partial charge in [0.15, 0.2) is 11.5 Å². The minimum atomic E-state index is 0.565.